The topological polar surface area (TPSA) is 59.8 Å². The summed E-state index contributed by atoms with van der Waals surface area (Å²) >= 11 is 5.82. The number of nitrogens with zero attached hydrogens (tertiary/aromatic N) is 3. The van der Waals surface area contributed by atoms with Gasteiger partial charge >= 0.3 is 6.18 Å². The van der Waals surface area contributed by atoms with Crippen LogP contribution in [-0.4, -0.2) is 20.7 Å². The van der Waals surface area contributed by atoms with E-state index in [-0.39, 0.29) is 22.5 Å². The van der Waals surface area contributed by atoms with E-state index < -0.39 is 17.8 Å². The Kier molecular flexibility index (Phi) is 4.69. The number of aromatic nitrogens is 3. The van der Waals surface area contributed by atoms with Crippen molar-refractivity contribution in [3.63, 3.8) is 0 Å². The molecule has 2 heterocycles. The lowest BCUT2D eigenvalue weighted by molar-refractivity contribution is -0.140. The van der Waals surface area contributed by atoms with Crippen LogP contribution in [0.2, 0.25) is 5.02 Å². The van der Waals surface area contributed by atoms with E-state index in [1.807, 2.05) is 0 Å². The number of anilines is 1. The smallest absolute Gasteiger partial charge is 0.306 e. The largest absolute Gasteiger partial charge is 0.435 e. The minimum Gasteiger partial charge on any atom is -0.306 e. The molecule has 0 atom stereocenters. The van der Waals surface area contributed by atoms with Gasteiger partial charge in [0.2, 0.25) is 0 Å². The molecule has 1 N–H and O–H groups in total. The van der Waals surface area contributed by atoms with Crippen LogP contribution in [0.5, 0.6) is 0 Å². The lowest BCUT2D eigenvalue weighted by Gasteiger charge is -2.10. The molecule has 0 fully saturated rings. The van der Waals surface area contributed by atoms with Crippen molar-refractivity contribution >= 4 is 23.3 Å². The molecule has 2 aromatic heterocycles. The van der Waals surface area contributed by atoms with Crippen molar-refractivity contribution in [2.45, 2.75) is 6.18 Å². The van der Waals surface area contributed by atoms with Crippen LogP contribution in [0.15, 0.2) is 48.8 Å². The molecular formula is C17H12ClF3N4O. The third-order valence-corrected chi connectivity index (χ3v) is 3.86. The van der Waals surface area contributed by atoms with Gasteiger partial charge in [-0.2, -0.15) is 18.3 Å². The number of hydrogen-bond acceptors (Lipinski definition) is 3. The molecule has 5 nitrogen and oxygen atoms in total. The summed E-state index contributed by atoms with van der Waals surface area (Å²) in [5.74, 6) is -0.668. The van der Waals surface area contributed by atoms with Crippen LogP contribution in [0.1, 0.15) is 16.1 Å². The Morgan fingerprint density at radius 1 is 1.19 bits per heavy atom. The predicted molar refractivity (Wildman–Crippen MR) is 90.8 cm³/mol. The van der Waals surface area contributed by atoms with Gasteiger partial charge in [0, 0.05) is 24.5 Å². The van der Waals surface area contributed by atoms with Crippen molar-refractivity contribution in [1.82, 2.24) is 14.8 Å². The van der Waals surface area contributed by atoms with Gasteiger partial charge in [0.05, 0.1) is 11.1 Å². The molecule has 26 heavy (non-hydrogen) atoms. The first-order valence-corrected chi connectivity index (χ1v) is 7.76. The number of carbonyl (C=O) groups excluding carboxylic acids is 1. The molecule has 3 aromatic rings. The maximum atomic E-state index is 13.4. The third-order valence-electron chi connectivity index (χ3n) is 3.60. The zero-order chi connectivity index (χ0) is 18.9. The Labute approximate surface area is 151 Å². The van der Waals surface area contributed by atoms with E-state index in [0.29, 0.717) is 5.02 Å². The summed E-state index contributed by atoms with van der Waals surface area (Å²) in [4.78, 5) is 16.2. The van der Waals surface area contributed by atoms with Crippen LogP contribution in [0.4, 0.5) is 19.0 Å². The Morgan fingerprint density at radius 3 is 2.46 bits per heavy atom. The summed E-state index contributed by atoms with van der Waals surface area (Å²) in [5, 5.41) is 6.43. The SMILES string of the molecule is Cn1nc(C(F)(F)F)c(-c2ccc(Cl)cc2)c1NC(=O)c1cccnc1. The van der Waals surface area contributed by atoms with Gasteiger partial charge in [-0.1, -0.05) is 23.7 Å². The summed E-state index contributed by atoms with van der Waals surface area (Å²) in [6, 6.07) is 8.88. The number of hydrogen-bond donors (Lipinski definition) is 1. The van der Waals surface area contributed by atoms with Gasteiger partial charge in [-0.25, -0.2) is 0 Å². The van der Waals surface area contributed by atoms with Crippen molar-refractivity contribution in [3.8, 4) is 11.1 Å². The average Bonchev–Trinajstić information content (AvgIpc) is 2.93. The number of nitrogens with one attached hydrogen (secondary N) is 1. The Morgan fingerprint density at radius 2 is 1.88 bits per heavy atom. The first kappa shape index (κ1) is 17.9. The number of carbonyl (C=O) groups is 1. The zero-order valence-corrected chi connectivity index (χ0v) is 14.1. The Balaban J connectivity index is 2.11. The molecule has 0 aliphatic carbocycles. The van der Waals surface area contributed by atoms with E-state index in [0.717, 1.165) is 4.68 Å². The summed E-state index contributed by atoms with van der Waals surface area (Å²) in [5.41, 5.74) is -0.877. The van der Waals surface area contributed by atoms with Crippen molar-refractivity contribution in [2.24, 2.45) is 7.05 Å². The predicted octanol–water partition coefficient (Wildman–Crippen LogP) is 4.41. The fourth-order valence-electron chi connectivity index (χ4n) is 2.43. The zero-order valence-electron chi connectivity index (χ0n) is 13.4. The Bertz CT molecular complexity index is 937. The minimum absolute atomic E-state index is 0.0755. The third kappa shape index (κ3) is 3.55. The van der Waals surface area contributed by atoms with Gasteiger partial charge < -0.3 is 5.32 Å². The summed E-state index contributed by atoms with van der Waals surface area (Å²) in [6.45, 7) is 0. The number of halogens is 4. The maximum Gasteiger partial charge on any atom is 0.435 e. The standard InChI is InChI=1S/C17H12ClF3N4O/c1-25-15(23-16(26)11-3-2-8-22-9-11)13(14(24-25)17(19,20)21)10-4-6-12(18)7-5-10/h2-9H,1H3,(H,23,26). The fraction of sp³-hybridized carbons (Fsp3) is 0.118. The maximum absolute atomic E-state index is 13.4. The number of benzene rings is 1. The molecule has 1 amide bonds. The van der Waals surface area contributed by atoms with Gasteiger partial charge in [0.15, 0.2) is 5.69 Å². The second-order valence-corrected chi connectivity index (χ2v) is 5.83. The van der Waals surface area contributed by atoms with E-state index in [1.54, 1.807) is 6.07 Å². The van der Waals surface area contributed by atoms with Gasteiger partial charge in [-0.05, 0) is 29.8 Å². The molecule has 3 rings (SSSR count). The summed E-state index contributed by atoms with van der Waals surface area (Å²) < 4.78 is 41.3. The van der Waals surface area contributed by atoms with E-state index in [1.165, 1.54) is 49.8 Å². The van der Waals surface area contributed by atoms with Crippen LogP contribution in [0.3, 0.4) is 0 Å². The van der Waals surface area contributed by atoms with Gasteiger partial charge in [-0.15, -0.1) is 0 Å². The molecule has 0 unspecified atom stereocenters. The first-order chi connectivity index (χ1) is 12.3. The van der Waals surface area contributed by atoms with E-state index >= 15 is 0 Å². The van der Waals surface area contributed by atoms with E-state index in [4.69, 9.17) is 11.6 Å². The lowest BCUT2D eigenvalue weighted by Crippen LogP contribution is -2.15. The highest BCUT2D eigenvalue weighted by molar-refractivity contribution is 6.30. The normalized spacial score (nSPS) is 11.4. The van der Waals surface area contributed by atoms with Crippen molar-refractivity contribution in [1.29, 1.82) is 0 Å². The fourth-order valence-corrected chi connectivity index (χ4v) is 2.56. The van der Waals surface area contributed by atoms with Crippen molar-refractivity contribution < 1.29 is 18.0 Å². The number of alkyl halides is 3. The van der Waals surface area contributed by atoms with Crippen LogP contribution in [-0.2, 0) is 13.2 Å². The molecular weight excluding hydrogens is 369 g/mol. The van der Waals surface area contributed by atoms with Crippen LogP contribution in [0, 0.1) is 0 Å². The van der Waals surface area contributed by atoms with Crippen molar-refractivity contribution in [3.05, 3.63) is 65.1 Å². The minimum atomic E-state index is -4.69. The first-order valence-electron chi connectivity index (χ1n) is 7.39. The van der Waals surface area contributed by atoms with Crippen molar-refractivity contribution in [2.75, 3.05) is 5.32 Å². The molecule has 0 saturated carbocycles. The van der Waals surface area contributed by atoms with E-state index in [2.05, 4.69) is 15.4 Å². The molecule has 1 aromatic carbocycles. The Hall–Kier alpha value is -2.87. The number of rotatable bonds is 3. The molecule has 0 saturated heterocycles. The highest BCUT2D eigenvalue weighted by Gasteiger charge is 2.39. The number of amides is 1. The molecule has 0 aliphatic rings. The molecule has 0 spiro atoms. The van der Waals surface area contributed by atoms with Gasteiger partial charge in [0.25, 0.3) is 5.91 Å². The second kappa shape index (κ2) is 6.80. The summed E-state index contributed by atoms with van der Waals surface area (Å²) in [7, 11) is 1.33. The lowest BCUT2D eigenvalue weighted by atomic mass is 10.0. The summed E-state index contributed by atoms with van der Waals surface area (Å²) in [6.07, 6.45) is -1.88. The highest BCUT2D eigenvalue weighted by atomic mass is 35.5. The monoisotopic (exact) mass is 380 g/mol. The molecule has 134 valence electrons. The quantitative estimate of drug-likeness (QED) is 0.732. The second-order valence-electron chi connectivity index (χ2n) is 5.40. The van der Waals surface area contributed by atoms with Crippen LogP contribution in [0.25, 0.3) is 11.1 Å². The molecule has 0 radical (unpaired) electrons. The van der Waals surface area contributed by atoms with Crippen LogP contribution >= 0.6 is 11.6 Å². The average molecular weight is 381 g/mol. The molecule has 9 heteroatoms. The van der Waals surface area contributed by atoms with E-state index in [9.17, 15) is 18.0 Å². The van der Waals surface area contributed by atoms with Gasteiger partial charge in [0.1, 0.15) is 5.82 Å². The molecule has 0 aliphatic heterocycles. The van der Waals surface area contributed by atoms with Gasteiger partial charge in [-0.3, -0.25) is 14.5 Å². The number of pyridine rings is 1. The number of aryl methyl sites for hydroxylation is 1. The highest BCUT2D eigenvalue weighted by Crippen LogP contribution is 2.41. The molecule has 0 bridgehead atoms. The van der Waals surface area contributed by atoms with Crippen LogP contribution < -0.4 is 5.32 Å².